The van der Waals surface area contributed by atoms with E-state index < -0.39 is 27.4 Å². The molecule has 0 aliphatic heterocycles. The average molecular weight is 619 g/mol. The van der Waals surface area contributed by atoms with Gasteiger partial charge in [0.1, 0.15) is 11.6 Å². The molecule has 1 aromatic heterocycles. The number of amides is 1. The zero-order valence-electron chi connectivity index (χ0n) is 26.0. The van der Waals surface area contributed by atoms with Gasteiger partial charge in [0.2, 0.25) is 10.0 Å². The Balaban J connectivity index is 1.73. The maximum Gasteiger partial charge on any atom is 0.407 e. The molecule has 2 aromatic carbocycles. The van der Waals surface area contributed by atoms with Gasteiger partial charge in [-0.25, -0.2) is 18.2 Å². The quantitative estimate of drug-likeness (QED) is 0.177. The Morgan fingerprint density at radius 3 is 2.09 bits per heavy atom. The van der Waals surface area contributed by atoms with Crippen molar-refractivity contribution in [3.8, 4) is 0 Å². The molecule has 0 radical (unpaired) electrons. The van der Waals surface area contributed by atoms with Crippen molar-refractivity contribution < 1.29 is 23.1 Å². The number of ketones is 1. The van der Waals surface area contributed by atoms with E-state index in [0.29, 0.717) is 30.6 Å². The zero-order valence-corrected chi connectivity index (χ0v) is 26.8. The maximum atomic E-state index is 13.7. The first-order valence-corrected chi connectivity index (χ1v) is 16.4. The van der Waals surface area contributed by atoms with Crippen LogP contribution < -0.4 is 9.21 Å². The number of likely N-dealkylation sites (N-methyl/N-ethyl adjacent to an activating group) is 1. The summed E-state index contributed by atoms with van der Waals surface area (Å²) < 4.78 is 27.4. The normalized spacial score (nSPS) is 17.0. The van der Waals surface area contributed by atoms with Gasteiger partial charge in [0.15, 0.2) is 5.78 Å². The summed E-state index contributed by atoms with van der Waals surface area (Å²) in [6.45, 7) is 6.68. The number of benzene rings is 2. The Hall–Kier alpha value is -4.18. The molecule has 1 heterocycles. The highest BCUT2D eigenvalue weighted by atomic mass is 32.2. The van der Waals surface area contributed by atoms with Crippen LogP contribution >= 0.6 is 0 Å². The van der Waals surface area contributed by atoms with E-state index in [9.17, 15) is 23.1 Å². The van der Waals surface area contributed by atoms with Gasteiger partial charge in [0.25, 0.3) is 0 Å². The molecule has 44 heavy (non-hydrogen) atoms. The highest BCUT2D eigenvalue weighted by Crippen LogP contribution is 2.39. The molecule has 9 nitrogen and oxygen atoms in total. The average Bonchev–Trinajstić information content (AvgIpc) is 3.72. The van der Waals surface area contributed by atoms with Crippen molar-refractivity contribution in [2.45, 2.75) is 51.4 Å². The lowest BCUT2D eigenvalue weighted by Gasteiger charge is -2.27. The third-order valence-electron chi connectivity index (χ3n) is 8.21. The molecule has 234 valence electrons. The van der Waals surface area contributed by atoms with Crippen molar-refractivity contribution in [1.29, 1.82) is 0 Å². The van der Waals surface area contributed by atoms with Crippen molar-refractivity contribution in [1.82, 2.24) is 9.88 Å². The van der Waals surface area contributed by atoms with E-state index in [1.807, 2.05) is 60.7 Å². The van der Waals surface area contributed by atoms with Crippen LogP contribution in [0.15, 0.2) is 84.9 Å². The van der Waals surface area contributed by atoms with Crippen molar-refractivity contribution in [3.63, 3.8) is 0 Å². The van der Waals surface area contributed by atoms with E-state index in [0.717, 1.165) is 28.4 Å². The van der Waals surface area contributed by atoms with Crippen LogP contribution in [0.1, 0.15) is 48.7 Å². The molecule has 1 amide bonds. The van der Waals surface area contributed by atoms with Gasteiger partial charge in [-0.2, -0.15) is 0 Å². The fourth-order valence-electron chi connectivity index (χ4n) is 5.02. The molecule has 1 N–H and O–H groups in total. The number of aromatic nitrogens is 1. The Labute approximate surface area is 260 Å². The number of carbonyl (C=O) groups is 2. The second kappa shape index (κ2) is 14.1. The van der Waals surface area contributed by atoms with Crippen molar-refractivity contribution in [3.05, 3.63) is 102 Å². The first-order chi connectivity index (χ1) is 20.9. The summed E-state index contributed by atoms with van der Waals surface area (Å²) in [4.78, 5) is 33.6. The van der Waals surface area contributed by atoms with Gasteiger partial charge in [-0.3, -0.25) is 9.10 Å². The van der Waals surface area contributed by atoms with Crippen molar-refractivity contribution in [2.75, 3.05) is 29.8 Å². The summed E-state index contributed by atoms with van der Waals surface area (Å²) in [6, 6.07) is 22.0. The first kappa shape index (κ1) is 32.7. The molecule has 1 fully saturated rings. The van der Waals surface area contributed by atoms with Crippen LogP contribution in [-0.2, 0) is 23.0 Å². The molecule has 1 aliphatic carbocycles. The zero-order chi connectivity index (χ0) is 32.0. The van der Waals surface area contributed by atoms with E-state index in [4.69, 9.17) is 4.98 Å². The smallest absolute Gasteiger partial charge is 0.407 e. The highest BCUT2D eigenvalue weighted by molar-refractivity contribution is 7.93. The molecule has 3 aromatic rings. The molecule has 4 rings (SSSR count). The predicted octanol–water partition coefficient (Wildman–Crippen LogP) is 5.88. The minimum Gasteiger partial charge on any atom is -0.465 e. The Bertz CT molecular complexity index is 1580. The van der Waals surface area contributed by atoms with Crippen LogP contribution in [0.2, 0.25) is 0 Å². The Kier molecular flexibility index (Phi) is 10.5. The lowest BCUT2D eigenvalue weighted by molar-refractivity contribution is 0.104. The van der Waals surface area contributed by atoms with Gasteiger partial charge in [-0.1, -0.05) is 73.7 Å². The second-order valence-electron chi connectivity index (χ2n) is 11.8. The van der Waals surface area contributed by atoms with Gasteiger partial charge in [-0.05, 0) is 67.9 Å². The minimum atomic E-state index is -3.72. The van der Waals surface area contributed by atoms with Crippen molar-refractivity contribution in [2.24, 2.45) is 11.8 Å². The predicted molar refractivity (Wildman–Crippen MR) is 175 cm³/mol. The molecule has 0 saturated heterocycles. The lowest BCUT2D eigenvalue weighted by Crippen LogP contribution is -2.36. The van der Waals surface area contributed by atoms with Gasteiger partial charge >= 0.3 is 6.09 Å². The maximum absolute atomic E-state index is 13.7. The standard InChI is InChI=1S/C34H42N4O5S/c1-24(2)44(42,43)37(5)32-20-28(31(39)17-16-30(36(4)34(40)41)19-26-12-8-6-9-13-26)21-33(35-32)38(23-29-18-25(29)3)22-27-14-10-7-11-15-27/h6-17,20-21,24-25,29-30H,18-19,22-23H2,1-5H3,(H,40,41)/b17-16+/t25?,29?,30-/m0/s1. The van der Waals surface area contributed by atoms with Crippen LogP contribution in [0.3, 0.4) is 0 Å². The third-order valence-corrected chi connectivity index (χ3v) is 10.4. The molecular weight excluding hydrogens is 576 g/mol. The summed E-state index contributed by atoms with van der Waals surface area (Å²) in [5.41, 5.74) is 2.28. The molecule has 2 unspecified atom stereocenters. The first-order valence-electron chi connectivity index (χ1n) is 14.9. The molecule has 3 atom stereocenters. The van der Waals surface area contributed by atoms with E-state index in [1.54, 1.807) is 26.0 Å². The summed E-state index contributed by atoms with van der Waals surface area (Å²) >= 11 is 0. The summed E-state index contributed by atoms with van der Waals surface area (Å²) in [6.07, 6.45) is 3.34. The minimum absolute atomic E-state index is 0.151. The summed E-state index contributed by atoms with van der Waals surface area (Å²) in [5.74, 6) is 1.35. The number of allylic oxidation sites excluding steroid dienone is 1. The monoisotopic (exact) mass is 618 g/mol. The van der Waals surface area contributed by atoms with Crippen LogP contribution in [-0.4, -0.2) is 67.2 Å². The van der Waals surface area contributed by atoms with Gasteiger partial charge < -0.3 is 14.9 Å². The fraction of sp³-hybridized carbons (Fsp3) is 0.382. The van der Waals surface area contributed by atoms with Crippen LogP contribution in [0.25, 0.3) is 0 Å². The van der Waals surface area contributed by atoms with Gasteiger partial charge in [0, 0.05) is 32.7 Å². The van der Waals surface area contributed by atoms with E-state index in [-0.39, 0.29) is 17.2 Å². The second-order valence-corrected chi connectivity index (χ2v) is 14.4. The third kappa shape index (κ3) is 8.25. The number of nitrogens with zero attached hydrogens (tertiary/aromatic N) is 4. The number of pyridine rings is 1. The van der Waals surface area contributed by atoms with E-state index in [2.05, 4.69) is 11.8 Å². The van der Waals surface area contributed by atoms with Crippen LogP contribution in [0.5, 0.6) is 0 Å². The summed E-state index contributed by atoms with van der Waals surface area (Å²) in [5, 5.41) is 8.99. The van der Waals surface area contributed by atoms with Gasteiger partial charge in [-0.15, -0.1) is 0 Å². The Morgan fingerprint density at radius 2 is 1.55 bits per heavy atom. The van der Waals surface area contributed by atoms with E-state index in [1.165, 1.54) is 31.1 Å². The van der Waals surface area contributed by atoms with Crippen LogP contribution in [0, 0.1) is 11.8 Å². The lowest BCUT2D eigenvalue weighted by atomic mass is 10.0. The highest BCUT2D eigenvalue weighted by Gasteiger charge is 2.35. The number of sulfonamides is 1. The number of hydrogen-bond donors (Lipinski definition) is 1. The van der Waals surface area contributed by atoms with Gasteiger partial charge in [0.05, 0.1) is 11.3 Å². The van der Waals surface area contributed by atoms with Crippen molar-refractivity contribution >= 4 is 33.5 Å². The summed E-state index contributed by atoms with van der Waals surface area (Å²) in [7, 11) is -0.799. The topological polar surface area (TPSA) is 111 Å². The number of carbonyl (C=O) groups excluding carboxylic acids is 1. The SMILES string of the molecule is CC1CC1CN(Cc1ccccc1)c1cc(C(=O)/C=C/[C@@H](Cc2ccccc2)N(C)C(=O)O)cc(N(C)S(=O)(=O)C(C)C)n1. The number of anilines is 2. The van der Waals surface area contributed by atoms with E-state index >= 15 is 0 Å². The molecular formula is C34H42N4O5S. The number of carboxylic acid groups (broad SMARTS) is 1. The molecule has 0 spiro atoms. The molecule has 1 aliphatic rings. The largest absolute Gasteiger partial charge is 0.465 e. The number of hydrogen-bond acceptors (Lipinski definition) is 6. The Morgan fingerprint density at radius 1 is 0.977 bits per heavy atom. The van der Waals surface area contributed by atoms with Crippen LogP contribution in [0.4, 0.5) is 16.4 Å². The fourth-order valence-corrected chi connectivity index (χ4v) is 6.01. The molecule has 10 heteroatoms. The molecule has 1 saturated carbocycles. The number of rotatable bonds is 14. The molecule has 0 bridgehead atoms.